The SMILES string of the molecule is CS(=O)CCCNS(=O)(=O)c1ccc(F)cc1C#CCO. The maximum atomic E-state index is 13.2. The lowest BCUT2D eigenvalue weighted by atomic mass is 10.2. The molecule has 2 N–H and O–H groups in total. The van der Waals surface area contributed by atoms with Gasteiger partial charge in [-0.3, -0.25) is 4.21 Å². The molecule has 1 aromatic rings. The quantitative estimate of drug-likeness (QED) is 0.576. The van der Waals surface area contributed by atoms with E-state index in [1.807, 2.05) is 0 Å². The third-order valence-electron chi connectivity index (χ3n) is 2.43. The van der Waals surface area contributed by atoms with Gasteiger partial charge in [0.25, 0.3) is 0 Å². The fourth-order valence-electron chi connectivity index (χ4n) is 1.53. The van der Waals surface area contributed by atoms with Gasteiger partial charge < -0.3 is 5.11 Å². The van der Waals surface area contributed by atoms with Crippen LogP contribution in [0.5, 0.6) is 0 Å². The lowest BCUT2D eigenvalue weighted by Crippen LogP contribution is -2.26. The zero-order valence-electron chi connectivity index (χ0n) is 11.4. The first-order chi connectivity index (χ1) is 9.86. The summed E-state index contributed by atoms with van der Waals surface area (Å²) in [6.45, 7) is -0.322. The minimum atomic E-state index is -3.84. The van der Waals surface area contributed by atoms with Gasteiger partial charge in [-0.15, -0.1) is 0 Å². The second kappa shape index (κ2) is 8.24. The smallest absolute Gasteiger partial charge is 0.241 e. The summed E-state index contributed by atoms with van der Waals surface area (Å²) in [4.78, 5) is -0.150. The monoisotopic (exact) mass is 333 g/mol. The fraction of sp³-hybridized carbons (Fsp3) is 0.385. The van der Waals surface area contributed by atoms with Crippen molar-refractivity contribution in [2.45, 2.75) is 11.3 Å². The van der Waals surface area contributed by atoms with E-state index in [4.69, 9.17) is 5.11 Å². The number of benzene rings is 1. The van der Waals surface area contributed by atoms with Crippen LogP contribution in [0.15, 0.2) is 23.1 Å². The Morgan fingerprint density at radius 2 is 2.14 bits per heavy atom. The summed E-state index contributed by atoms with van der Waals surface area (Å²) < 4.78 is 50.7. The number of halogens is 1. The topological polar surface area (TPSA) is 83.5 Å². The van der Waals surface area contributed by atoms with Crippen LogP contribution in [-0.4, -0.2) is 42.9 Å². The lowest BCUT2D eigenvalue weighted by Gasteiger charge is -2.08. The molecule has 5 nitrogen and oxygen atoms in total. The molecule has 0 spiro atoms. The molecular weight excluding hydrogens is 317 g/mol. The maximum absolute atomic E-state index is 13.2. The van der Waals surface area contributed by atoms with Gasteiger partial charge in [0.05, 0.1) is 4.90 Å². The molecule has 0 aliphatic carbocycles. The number of hydrogen-bond donors (Lipinski definition) is 2. The van der Waals surface area contributed by atoms with Gasteiger partial charge in [-0.2, -0.15) is 0 Å². The van der Waals surface area contributed by atoms with E-state index in [1.54, 1.807) is 0 Å². The standard InChI is InChI=1S/C13H16FNO4S2/c1-20(17)9-3-7-15-21(18,19)13-6-5-12(14)10-11(13)4-2-8-16/h5-6,10,15-16H,3,7-9H2,1H3. The molecule has 0 radical (unpaired) electrons. The molecule has 8 heteroatoms. The van der Waals surface area contributed by atoms with Crippen LogP contribution in [0.4, 0.5) is 4.39 Å². The normalized spacial score (nSPS) is 12.5. The highest BCUT2D eigenvalue weighted by atomic mass is 32.2. The molecule has 0 bridgehead atoms. The molecule has 0 aliphatic rings. The molecule has 0 heterocycles. The molecule has 116 valence electrons. The summed E-state index contributed by atoms with van der Waals surface area (Å²) in [6.07, 6.45) is 1.97. The van der Waals surface area contributed by atoms with E-state index >= 15 is 0 Å². The zero-order chi connectivity index (χ0) is 15.9. The highest BCUT2D eigenvalue weighted by Crippen LogP contribution is 2.16. The van der Waals surface area contributed by atoms with Crippen molar-refractivity contribution in [3.8, 4) is 11.8 Å². The molecule has 1 unspecified atom stereocenters. The van der Waals surface area contributed by atoms with Crippen molar-refractivity contribution in [1.29, 1.82) is 0 Å². The first-order valence-corrected chi connectivity index (χ1v) is 9.27. The summed E-state index contributed by atoms with van der Waals surface area (Å²) in [6, 6.07) is 3.15. The Kier molecular flexibility index (Phi) is 6.98. The summed E-state index contributed by atoms with van der Waals surface area (Å²) in [7, 11) is -4.82. The molecule has 1 atom stereocenters. The second-order valence-corrected chi connectivity index (χ2v) is 7.42. The average Bonchev–Trinajstić information content (AvgIpc) is 2.41. The van der Waals surface area contributed by atoms with E-state index in [-0.39, 0.29) is 17.0 Å². The van der Waals surface area contributed by atoms with Gasteiger partial charge in [-0.25, -0.2) is 17.5 Å². The molecule has 1 aromatic carbocycles. The predicted molar refractivity (Wildman–Crippen MR) is 79.1 cm³/mol. The Labute approximate surface area is 126 Å². The van der Waals surface area contributed by atoms with Gasteiger partial charge in [0, 0.05) is 34.9 Å². The van der Waals surface area contributed by atoms with Gasteiger partial charge in [-0.1, -0.05) is 11.8 Å². The first-order valence-electron chi connectivity index (χ1n) is 6.06. The third kappa shape index (κ3) is 5.93. The Morgan fingerprint density at radius 1 is 1.43 bits per heavy atom. The van der Waals surface area contributed by atoms with Crippen LogP contribution in [0.25, 0.3) is 0 Å². The summed E-state index contributed by atoms with van der Waals surface area (Å²) in [5, 5.41) is 8.65. The van der Waals surface area contributed by atoms with Gasteiger partial charge in [0.1, 0.15) is 12.4 Å². The number of nitrogens with one attached hydrogen (secondary N) is 1. The minimum Gasteiger partial charge on any atom is -0.384 e. The van der Waals surface area contributed by atoms with Crippen molar-refractivity contribution in [2.75, 3.05) is 25.2 Å². The van der Waals surface area contributed by atoms with Crippen LogP contribution in [-0.2, 0) is 20.8 Å². The van der Waals surface area contributed by atoms with E-state index < -0.39 is 33.2 Å². The van der Waals surface area contributed by atoms with E-state index in [2.05, 4.69) is 16.6 Å². The van der Waals surface area contributed by atoms with Gasteiger partial charge in [0.2, 0.25) is 10.0 Å². The van der Waals surface area contributed by atoms with E-state index in [1.165, 1.54) is 6.26 Å². The van der Waals surface area contributed by atoms with Gasteiger partial charge >= 0.3 is 0 Å². The molecule has 21 heavy (non-hydrogen) atoms. The van der Waals surface area contributed by atoms with Crippen LogP contribution in [0.3, 0.4) is 0 Å². The lowest BCUT2D eigenvalue weighted by molar-refractivity contribution is 0.350. The van der Waals surface area contributed by atoms with Crippen LogP contribution < -0.4 is 4.72 Å². The average molecular weight is 333 g/mol. The Bertz CT molecular complexity index is 677. The van der Waals surface area contributed by atoms with E-state index in [0.29, 0.717) is 12.2 Å². The molecule has 0 saturated carbocycles. The number of sulfonamides is 1. The van der Waals surface area contributed by atoms with Crippen LogP contribution in [0, 0.1) is 17.7 Å². The Balaban J connectivity index is 2.94. The van der Waals surface area contributed by atoms with E-state index in [9.17, 15) is 17.0 Å². The molecule has 0 aliphatic heterocycles. The molecule has 0 aromatic heterocycles. The van der Waals surface area contributed by atoms with Crippen molar-refractivity contribution in [3.05, 3.63) is 29.6 Å². The third-order valence-corrected chi connectivity index (χ3v) is 4.82. The van der Waals surface area contributed by atoms with Crippen LogP contribution >= 0.6 is 0 Å². The second-order valence-electron chi connectivity index (χ2n) is 4.13. The van der Waals surface area contributed by atoms with Crippen molar-refractivity contribution in [2.24, 2.45) is 0 Å². The molecule has 1 rings (SSSR count). The summed E-state index contributed by atoms with van der Waals surface area (Å²) in [5.74, 6) is 4.48. The fourth-order valence-corrected chi connectivity index (χ4v) is 3.29. The Morgan fingerprint density at radius 3 is 2.76 bits per heavy atom. The molecule has 0 saturated heterocycles. The molecule has 0 fully saturated rings. The largest absolute Gasteiger partial charge is 0.384 e. The molecular formula is C13H16FNO4S2. The maximum Gasteiger partial charge on any atom is 0.241 e. The minimum absolute atomic E-state index is 0.0179. The first kappa shape index (κ1) is 17.8. The van der Waals surface area contributed by atoms with Crippen molar-refractivity contribution < 1.29 is 22.1 Å². The predicted octanol–water partition coefficient (Wildman–Crippen LogP) is 0.216. The molecule has 0 amide bonds. The number of aliphatic hydroxyl groups excluding tert-OH is 1. The highest BCUT2D eigenvalue weighted by Gasteiger charge is 2.17. The van der Waals surface area contributed by atoms with Crippen molar-refractivity contribution in [1.82, 2.24) is 4.72 Å². The number of rotatable bonds is 6. The summed E-state index contributed by atoms with van der Waals surface area (Å²) >= 11 is 0. The highest BCUT2D eigenvalue weighted by molar-refractivity contribution is 7.89. The van der Waals surface area contributed by atoms with Crippen LogP contribution in [0.2, 0.25) is 0 Å². The summed E-state index contributed by atoms with van der Waals surface area (Å²) in [5.41, 5.74) is -0.0179. The van der Waals surface area contributed by atoms with Crippen molar-refractivity contribution >= 4 is 20.8 Å². The van der Waals surface area contributed by atoms with Gasteiger partial charge in [0.15, 0.2) is 0 Å². The Hall–Kier alpha value is -1.27. The number of hydrogen-bond acceptors (Lipinski definition) is 4. The number of aliphatic hydroxyl groups is 1. The van der Waals surface area contributed by atoms with Crippen LogP contribution in [0.1, 0.15) is 12.0 Å². The van der Waals surface area contributed by atoms with E-state index in [0.717, 1.165) is 18.2 Å². The zero-order valence-corrected chi connectivity index (χ0v) is 13.1. The van der Waals surface area contributed by atoms with Gasteiger partial charge in [-0.05, 0) is 24.6 Å². The van der Waals surface area contributed by atoms with Crippen molar-refractivity contribution in [3.63, 3.8) is 0 Å².